The van der Waals surface area contributed by atoms with E-state index in [0.29, 0.717) is 17.2 Å². The lowest BCUT2D eigenvalue weighted by molar-refractivity contribution is 0.0970. The van der Waals surface area contributed by atoms with E-state index in [0.717, 1.165) is 21.3 Å². The Balaban J connectivity index is 1.67. The van der Waals surface area contributed by atoms with Crippen LogP contribution in [0.3, 0.4) is 0 Å². The maximum absolute atomic E-state index is 12.8. The van der Waals surface area contributed by atoms with Gasteiger partial charge < -0.3 is 15.0 Å². The Hall–Kier alpha value is -2.77. The summed E-state index contributed by atoms with van der Waals surface area (Å²) >= 11 is 3.33. The van der Waals surface area contributed by atoms with Crippen molar-refractivity contribution in [1.82, 2.24) is 9.55 Å². The normalized spacial score (nSPS) is 12.1. The molecule has 3 rings (SSSR count). The topological polar surface area (TPSA) is 87.2 Å². The molecule has 7 heteroatoms. The highest BCUT2D eigenvalue weighted by Crippen LogP contribution is 2.22. The number of aromatic nitrogens is 2. The largest absolute Gasteiger partial charge is 0.487 e. The summed E-state index contributed by atoms with van der Waals surface area (Å²) in [6.07, 6.45) is 3.26. The van der Waals surface area contributed by atoms with Crippen LogP contribution in [-0.4, -0.2) is 15.3 Å². The fraction of sp³-hybridized carbons (Fsp3) is 0.292. The summed E-state index contributed by atoms with van der Waals surface area (Å²) in [6, 6.07) is 12.3. The predicted octanol–water partition coefficient (Wildman–Crippen LogP) is 4.43. The second-order valence-electron chi connectivity index (χ2n) is 7.85. The van der Waals surface area contributed by atoms with Crippen LogP contribution in [0.2, 0.25) is 0 Å². The molecule has 1 unspecified atom stereocenters. The fourth-order valence-electron chi connectivity index (χ4n) is 3.19. The van der Waals surface area contributed by atoms with Gasteiger partial charge in [0.15, 0.2) is 5.78 Å². The lowest BCUT2D eigenvalue weighted by Gasteiger charge is -2.17. The van der Waals surface area contributed by atoms with Crippen molar-refractivity contribution in [2.24, 2.45) is 11.7 Å². The number of carbonyl (C=O) groups is 1. The SMILES string of the molecule is Cc1cc(C(N)C(C)C)ccc1C(=O)Cn1ccc(OCc2ccc(Br)cn2)cc1=O. The van der Waals surface area contributed by atoms with Crippen molar-refractivity contribution in [3.05, 3.63) is 92.1 Å². The van der Waals surface area contributed by atoms with Crippen LogP contribution < -0.4 is 16.0 Å². The molecule has 31 heavy (non-hydrogen) atoms. The third kappa shape index (κ3) is 5.89. The lowest BCUT2D eigenvalue weighted by Crippen LogP contribution is -2.24. The van der Waals surface area contributed by atoms with Crippen molar-refractivity contribution in [3.63, 3.8) is 0 Å². The van der Waals surface area contributed by atoms with Crippen molar-refractivity contribution >= 4 is 21.7 Å². The van der Waals surface area contributed by atoms with Gasteiger partial charge in [0.1, 0.15) is 12.4 Å². The zero-order chi connectivity index (χ0) is 22.5. The van der Waals surface area contributed by atoms with Crippen molar-refractivity contribution in [1.29, 1.82) is 0 Å². The minimum absolute atomic E-state index is 0.0379. The van der Waals surface area contributed by atoms with Gasteiger partial charge in [0.2, 0.25) is 0 Å². The molecule has 0 saturated heterocycles. The van der Waals surface area contributed by atoms with Crippen LogP contribution in [0, 0.1) is 12.8 Å². The van der Waals surface area contributed by atoms with Crippen LogP contribution in [0.1, 0.15) is 47.1 Å². The standard InChI is InChI=1S/C24H26BrN3O3/c1-15(2)24(26)17-4-7-21(16(3)10-17)22(29)13-28-9-8-20(11-23(28)30)31-14-19-6-5-18(25)12-27-19/h4-12,15,24H,13-14,26H2,1-3H3. The number of nitrogens with two attached hydrogens (primary N) is 1. The molecule has 2 N–H and O–H groups in total. The van der Waals surface area contributed by atoms with Crippen LogP contribution in [0.5, 0.6) is 5.75 Å². The smallest absolute Gasteiger partial charge is 0.254 e. The van der Waals surface area contributed by atoms with E-state index in [1.54, 1.807) is 24.5 Å². The van der Waals surface area contributed by atoms with E-state index in [9.17, 15) is 9.59 Å². The Morgan fingerprint density at radius 3 is 2.58 bits per heavy atom. The Morgan fingerprint density at radius 2 is 1.97 bits per heavy atom. The summed E-state index contributed by atoms with van der Waals surface area (Å²) in [5, 5.41) is 0. The van der Waals surface area contributed by atoms with Gasteiger partial charge in [0, 0.05) is 34.5 Å². The van der Waals surface area contributed by atoms with E-state index < -0.39 is 0 Å². The third-order valence-electron chi connectivity index (χ3n) is 5.11. The Kier molecular flexibility index (Phi) is 7.41. The number of ether oxygens (including phenoxy) is 1. The van der Waals surface area contributed by atoms with Crippen LogP contribution in [0.25, 0.3) is 0 Å². The summed E-state index contributed by atoms with van der Waals surface area (Å²) in [5.41, 5.74) is 9.11. The molecule has 2 heterocycles. The van der Waals surface area contributed by atoms with Crippen LogP contribution in [0.15, 0.2) is 64.1 Å². The third-order valence-corrected chi connectivity index (χ3v) is 5.58. The molecule has 2 aromatic heterocycles. The number of halogens is 1. The molecule has 0 amide bonds. The Bertz CT molecular complexity index is 1120. The number of Topliss-reactive ketones (excluding diaryl/α,β-unsaturated/α-hetero) is 1. The zero-order valence-corrected chi connectivity index (χ0v) is 19.4. The van der Waals surface area contributed by atoms with Gasteiger partial charge in [0.25, 0.3) is 5.56 Å². The van der Waals surface area contributed by atoms with Gasteiger partial charge >= 0.3 is 0 Å². The molecule has 0 spiro atoms. The number of benzene rings is 1. The highest BCUT2D eigenvalue weighted by Gasteiger charge is 2.15. The fourth-order valence-corrected chi connectivity index (χ4v) is 3.43. The number of nitrogens with zero attached hydrogens (tertiary/aromatic N) is 2. The quantitative estimate of drug-likeness (QED) is 0.478. The van der Waals surface area contributed by atoms with Crippen LogP contribution >= 0.6 is 15.9 Å². The molecule has 162 valence electrons. The van der Waals surface area contributed by atoms with Crippen molar-refractivity contribution in [3.8, 4) is 5.75 Å². The molecule has 3 aromatic rings. The number of hydrogen-bond donors (Lipinski definition) is 1. The first kappa shape index (κ1) is 22.9. The molecule has 0 radical (unpaired) electrons. The Morgan fingerprint density at radius 1 is 1.19 bits per heavy atom. The van der Waals surface area contributed by atoms with E-state index in [-0.39, 0.29) is 30.5 Å². The number of pyridine rings is 2. The van der Waals surface area contributed by atoms with Gasteiger partial charge in [-0.15, -0.1) is 0 Å². The predicted molar refractivity (Wildman–Crippen MR) is 124 cm³/mol. The van der Waals surface area contributed by atoms with Crippen molar-refractivity contribution in [2.75, 3.05) is 0 Å². The first-order valence-corrected chi connectivity index (χ1v) is 10.9. The number of hydrogen-bond acceptors (Lipinski definition) is 5. The molecular weight excluding hydrogens is 458 g/mol. The number of ketones is 1. The molecule has 0 aliphatic rings. The van der Waals surface area contributed by atoms with Gasteiger partial charge in [-0.3, -0.25) is 14.6 Å². The average molecular weight is 484 g/mol. The van der Waals surface area contributed by atoms with Gasteiger partial charge in [-0.05, 0) is 58.1 Å². The molecule has 0 aliphatic carbocycles. The molecule has 0 saturated carbocycles. The molecular formula is C24H26BrN3O3. The zero-order valence-electron chi connectivity index (χ0n) is 17.8. The summed E-state index contributed by atoms with van der Waals surface area (Å²) in [5.74, 6) is 0.610. The summed E-state index contributed by atoms with van der Waals surface area (Å²) in [4.78, 5) is 29.5. The van der Waals surface area contributed by atoms with Crippen LogP contribution in [-0.2, 0) is 13.2 Å². The number of rotatable bonds is 8. The summed E-state index contributed by atoms with van der Waals surface area (Å²) in [7, 11) is 0. The van der Waals surface area contributed by atoms with Gasteiger partial charge in [0.05, 0.1) is 12.2 Å². The number of aryl methyl sites for hydroxylation is 1. The summed E-state index contributed by atoms with van der Waals surface area (Å²) < 4.78 is 7.90. The molecule has 6 nitrogen and oxygen atoms in total. The molecule has 0 bridgehead atoms. The minimum Gasteiger partial charge on any atom is -0.487 e. The van der Waals surface area contributed by atoms with Crippen LogP contribution in [0.4, 0.5) is 0 Å². The maximum Gasteiger partial charge on any atom is 0.254 e. The molecule has 1 atom stereocenters. The van der Waals surface area contributed by atoms with Crippen molar-refractivity contribution in [2.45, 2.75) is 40.0 Å². The second kappa shape index (κ2) is 10.0. The lowest BCUT2D eigenvalue weighted by atomic mass is 9.93. The van der Waals surface area contributed by atoms with E-state index in [1.165, 1.54) is 10.6 Å². The first-order valence-electron chi connectivity index (χ1n) is 10.1. The Labute approximate surface area is 190 Å². The van der Waals surface area contributed by atoms with E-state index >= 15 is 0 Å². The maximum atomic E-state index is 12.8. The van der Waals surface area contributed by atoms with Gasteiger partial charge in [-0.2, -0.15) is 0 Å². The first-order chi connectivity index (χ1) is 14.7. The van der Waals surface area contributed by atoms with E-state index in [1.807, 2.05) is 31.2 Å². The monoisotopic (exact) mass is 483 g/mol. The van der Waals surface area contributed by atoms with Gasteiger partial charge in [-0.25, -0.2) is 0 Å². The minimum atomic E-state index is -0.300. The highest BCUT2D eigenvalue weighted by atomic mass is 79.9. The van der Waals surface area contributed by atoms with E-state index in [2.05, 4.69) is 34.8 Å². The molecule has 0 aliphatic heterocycles. The van der Waals surface area contributed by atoms with Crippen molar-refractivity contribution < 1.29 is 9.53 Å². The second-order valence-corrected chi connectivity index (χ2v) is 8.77. The average Bonchev–Trinajstić information content (AvgIpc) is 2.74. The number of carbonyl (C=O) groups excluding carboxylic acids is 1. The highest BCUT2D eigenvalue weighted by molar-refractivity contribution is 9.10. The van der Waals surface area contributed by atoms with E-state index in [4.69, 9.17) is 10.5 Å². The molecule has 0 fully saturated rings. The molecule has 1 aromatic carbocycles. The van der Waals surface area contributed by atoms with Gasteiger partial charge in [-0.1, -0.05) is 32.0 Å². The summed E-state index contributed by atoms with van der Waals surface area (Å²) in [6.45, 7) is 6.23.